The maximum absolute atomic E-state index is 2.73. The van der Waals surface area contributed by atoms with E-state index in [1.165, 1.54) is 0 Å². The molecule has 0 bridgehead atoms. The van der Waals surface area contributed by atoms with E-state index in [2.05, 4.69) is 84.3 Å². The molecule has 0 heterocycles. The number of hydrogen-bond acceptors (Lipinski definition) is 0. The molecule has 0 radical (unpaired) electrons. The van der Waals surface area contributed by atoms with E-state index in [1.54, 1.807) is 0 Å². The first-order valence-corrected chi connectivity index (χ1v) is 8.08. The van der Waals surface area contributed by atoms with Gasteiger partial charge in [-0.25, -0.2) is 0 Å². The highest BCUT2D eigenvalue weighted by atomic mass is 127. The van der Waals surface area contributed by atoms with Crippen molar-refractivity contribution < 1.29 is 0 Å². The van der Waals surface area contributed by atoms with Gasteiger partial charge in [-0.3, -0.25) is 0 Å². The Balaban J connectivity index is 4.88. The Kier molecular flexibility index (Phi) is 8.84. The molecule has 0 aromatic carbocycles. The first-order valence-electron chi connectivity index (χ1n) is 6.84. The van der Waals surface area contributed by atoms with E-state index in [9.17, 15) is 0 Å². The topological polar surface area (TPSA) is 0 Å². The fourth-order valence-corrected chi connectivity index (χ4v) is 6.59. The van der Waals surface area contributed by atoms with Gasteiger partial charge in [0.2, 0.25) is 0 Å². The summed E-state index contributed by atoms with van der Waals surface area (Å²) in [5.41, 5.74) is 0. The summed E-state index contributed by atoms with van der Waals surface area (Å²) in [5.74, 6) is 0. The Morgan fingerprint density at radius 2 is 0.688 bits per heavy atom. The highest BCUT2D eigenvalue weighted by Gasteiger charge is 2.41. The van der Waals surface area contributed by atoms with E-state index in [0.717, 1.165) is 42.7 Å². The lowest BCUT2D eigenvalue weighted by Gasteiger charge is -2.32. The minimum absolute atomic E-state index is 0.793. The molecule has 0 amide bonds. The predicted molar refractivity (Wildman–Crippen MR) is 123 cm³/mol. The average molecular weight is 305 g/mol. The van der Waals surface area contributed by atoms with Gasteiger partial charge < -0.3 is 0 Å². The number of hydrogen-bond donors (Lipinski definition) is 0. The third-order valence-electron chi connectivity index (χ3n) is 3.81. The van der Waals surface area contributed by atoms with Gasteiger partial charge in [0, 0.05) is 38.3 Å². The van der Waals surface area contributed by atoms with E-state index in [4.69, 9.17) is 0 Å². The van der Waals surface area contributed by atoms with Crippen molar-refractivity contribution in [2.45, 2.75) is 0 Å². The van der Waals surface area contributed by atoms with Crippen LogP contribution in [0.3, 0.4) is 0 Å². The molecule has 0 rings (SSSR count). The second-order valence-corrected chi connectivity index (χ2v) is 8.01. The normalized spacial score (nSPS) is 9.06. The summed E-state index contributed by atoms with van der Waals surface area (Å²) < 4.78 is 0.803. The molecule has 0 atom stereocenters. The van der Waals surface area contributed by atoms with Crippen molar-refractivity contribution in [3.63, 3.8) is 0 Å². The molecule has 16 heavy (non-hydrogen) atoms. The van der Waals surface area contributed by atoms with Crippen LogP contribution >= 0.6 is 22.4 Å². The lowest BCUT2D eigenvalue weighted by Crippen LogP contribution is -2.71. The summed E-state index contributed by atoms with van der Waals surface area (Å²) in [6.07, 6.45) is 4.86. The minimum atomic E-state index is 0.793. The third-order valence-corrected chi connectivity index (χ3v) is 5.48. The summed E-state index contributed by atoms with van der Waals surface area (Å²) in [7, 11) is 19.1. The second kappa shape index (κ2) is 7.99. The number of rotatable bonds is 6. The molecule has 0 nitrogen and oxygen atoms in total. The van der Waals surface area contributed by atoms with Crippen molar-refractivity contribution in [2.24, 2.45) is 0 Å². The lowest BCUT2D eigenvalue weighted by atomic mass is 8.52. The first kappa shape index (κ1) is 17.7. The van der Waals surface area contributed by atoms with Crippen LogP contribution in [0.4, 0.5) is 0 Å². The van der Waals surface area contributed by atoms with Crippen LogP contribution in [-0.2, 0) is 0 Å². The second-order valence-electron chi connectivity index (χ2n) is 6.58. The molecule has 0 aliphatic rings. The third kappa shape index (κ3) is 5.14. The summed E-state index contributed by atoms with van der Waals surface area (Å²) in [5, 5.41) is 0. The molecule has 0 saturated heterocycles. The first-order chi connectivity index (χ1) is 7.20. The maximum atomic E-state index is 2.73. The highest BCUT2D eigenvalue weighted by Crippen LogP contribution is 2.08. The summed E-state index contributed by atoms with van der Waals surface area (Å²) >= 11 is 2.73. The van der Waals surface area contributed by atoms with Crippen LogP contribution in [0.1, 0.15) is 0 Å². The van der Waals surface area contributed by atoms with Gasteiger partial charge in [0.25, 0.3) is 0 Å². The van der Waals surface area contributed by atoms with E-state index in [0.29, 0.717) is 0 Å². The zero-order valence-corrected chi connectivity index (χ0v) is 14.6. The van der Waals surface area contributed by atoms with Crippen LogP contribution in [0.25, 0.3) is 0 Å². The molecule has 0 fully saturated rings. The van der Waals surface area contributed by atoms with Gasteiger partial charge in [0.15, 0.2) is 0 Å². The Morgan fingerprint density at radius 3 is 0.812 bits per heavy atom. The Morgan fingerprint density at radius 1 is 0.500 bits per heavy atom. The maximum Gasteiger partial charge on any atom is 0.120 e. The van der Waals surface area contributed by atoms with Crippen LogP contribution in [0, 0.1) is 0 Å². The molecular weight excluding hydrogens is 289 g/mol. The molecule has 0 aliphatic heterocycles. The van der Waals surface area contributed by atoms with Crippen molar-refractivity contribution in [3.05, 3.63) is 0 Å². The smallest absolute Gasteiger partial charge is 0.120 e. The molecule has 0 unspecified atom stereocenters. The molecule has 0 saturated carbocycles. The van der Waals surface area contributed by atoms with E-state index >= 15 is 0 Å². The summed E-state index contributed by atoms with van der Waals surface area (Å²) in [4.78, 5) is 0. The molecule has 68 valence electrons. The van der Waals surface area contributed by atoms with Gasteiger partial charge in [0.05, 0.1) is 61.9 Å². The zero-order chi connectivity index (χ0) is 13.0. The minimum Gasteiger partial charge on any atom is -0.173 e. The fraction of sp³-hybridized carbons (Fsp3) is 0. The lowest BCUT2D eigenvalue weighted by molar-refractivity contribution is 3.45. The van der Waals surface area contributed by atoms with Crippen LogP contribution in [0.15, 0.2) is 0 Å². The molecular formula is H16B15I. The van der Waals surface area contributed by atoms with Gasteiger partial charge in [0.1, 0.15) is 4.35 Å². The van der Waals surface area contributed by atoms with E-state index in [1.807, 2.05) is 0 Å². The number of halogens is 1. The quantitative estimate of drug-likeness (QED) is 0.338. The van der Waals surface area contributed by atoms with Gasteiger partial charge >= 0.3 is 0 Å². The highest BCUT2D eigenvalue weighted by molar-refractivity contribution is 14.1. The zero-order valence-electron chi connectivity index (χ0n) is 12.4. The van der Waals surface area contributed by atoms with Crippen molar-refractivity contribution in [2.75, 3.05) is 0 Å². The monoisotopic (exact) mass is 308 g/mol. The van der Waals surface area contributed by atoms with E-state index in [-0.39, 0.29) is 0 Å². The van der Waals surface area contributed by atoms with Crippen LogP contribution in [-0.4, -0.2) is 105 Å². The largest absolute Gasteiger partial charge is 0.173 e. The van der Waals surface area contributed by atoms with Crippen LogP contribution < -0.4 is 0 Å². The van der Waals surface area contributed by atoms with Crippen LogP contribution in [0.5, 0.6) is 0 Å². The standard InChI is InChI=1S/B15H16I/c1-9(2)13(10(3)4)15(16)14(11(5)6)12(7)8/h1-8H2. The molecule has 0 aromatic heterocycles. The fourth-order valence-electron chi connectivity index (χ4n) is 3.27. The molecule has 0 N–H and O–H groups in total. The molecule has 16 heteroatoms. The summed E-state index contributed by atoms with van der Waals surface area (Å²) in [6, 6.07) is 0. The Labute approximate surface area is 126 Å². The van der Waals surface area contributed by atoms with Crippen LogP contribution in [0.2, 0.25) is 0 Å². The molecule has 0 aliphatic carbocycles. The molecule has 0 aromatic rings. The van der Waals surface area contributed by atoms with Gasteiger partial charge in [-0.1, -0.05) is 0 Å². The summed E-state index contributed by atoms with van der Waals surface area (Å²) in [6.45, 7) is 0. The van der Waals surface area contributed by atoms with Crippen molar-refractivity contribution in [3.8, 4) is 0 Å². The van der Waals surface area contributed by atoms with Crippen molar-refractivity contribution in [1.82, 2.24) is 0 Å². The molecule has 0 spiro atoms. The SMILES string of the molecule is BB(B)B(B(B)B)B(I)B(B(B)B)B(B)B. The Bertz CT molecular complexity index is 146. The van der Waals surface area contributed by atoms with Gasteiger partial charge in [-0.05, 0) is 0 Å². The Hall–Kier alpha value is 1.70. The van der Waals surface area contributed by atoms with Gasteiger partial charge in [-0.15, -0.1) is 0 Å². The predicted octanol–water partition coefficient (Wildman–Crippen LogP) is -9.11. The van der Waals surface area contributed by atoms with Gasteiger partial charge in [-0.2, -0.15) is 22.4 Å². The van der Waals surface area contributed by atoms with Crippen molar-refractivity contribution in [1.29, 1.82) is 0 Å². The van der Waals surface area contributed by atoms with Crippen molar-refractivity contribution >= 4 is 127 Å². The average Bonchev–Trinajstić information content (AvgIpc) is 1.99. The van der Waals surface area contributed by atoms with E-state index < -0.39 is 0 Å².